The average Bonchev–Trinajstić information content (AvgIpc) is 3.00. The van der Waals surface area contributed by atoms with Crippen LogP contribution in [-0.4, -0.2) is 38.2 Å². The molecule has 7 heteroatoms. The number of amides is 1. The zero-order valence-electron chi connectivity index (χ0n) is 15.7. The summed E-state index contributed by atoms with van der Waals surface area (Å²) in [5.41, 5.74) is 1.31. The lowest BCUT2D eigenvalue weighted by atomic mass is 10.2. The van der Waals surface area contributed by atoms with E-state index in [0.29, 0.717) is 30.4 Å². The molecule has 2 aromatic carbocycles. The zero-order valence-corrected chi connectivity index (χ0v) is 15.7. The van der Waals surface area contributed by atoms with Gasteiger partial charge in [0.15, 0.2) is 18.1 Å². The van der Waals surface area contributed by atoms with Crippen molar-refractivity contribution in [3.05, 3.63) is 60.2 Å². The SMILES string of the molecule is N#CCN(C(=O)COC(=O)/C=C/c1ccc2c(c1)OCCCO2)c1ccccc1. The lowest BCUT2D eigenvalue weighted by Crippen LogP contribution is -2.34. The number of rotatable bonds is 6. The van der Waals surface area contributed by atoms with Crippen LogP contribution in [0.2, 0.25) is 0 Å². The van der Waals surface area contributed by atoms with Crippen molar-refractivity contribution >= 4 is 23.6 Å². The third-order valence-electron chi connectivity index (χ3n) is 4.12. The van der Waals surface area contributed by atoms with Crippen molar-refractivity contribution in [1.29, 1.82) is 5.26 Å². The van der Waals surface area contributed by atoms with Crippen molar-refractivity contribution < 1.29 is 23.8 Å². The number of anilines is 1. The average molecular weight is 392 g/mol. The molecule has 0 bridgehead atoms. The first-order chi connectivity index (χ1) is 14.2. The van der Waals surface area contributed by atoms with E-state index in [0.717, 1.165) is 12.0 Å². The van der Waals surface area contributed by atoms with Crippen LogP contribution in [0.25, 0.3) is 6.08 Å². The quantitative estimate of drug-likeness (QED) is 0.427. The standard InChI is InChI=1S/C22H20N2O5/c23-11-12-24(18-5-2-1-3-6-18)21(25)16-29-22(26)10-8-17-7-9-19-20(15-17)28-14-4-13-27-19/h1-3,5-10,15H,4,12-14,16H2/b10-8+. The number of hydrogen-bond acceptors (Lipinski definition) is 6. The van der Waals surface area contributed by atoms with Gasteiger partial charge in [-0.1, -0.05) is 24.3 Å². The Kier molecular flexibility index (Phi) is 6.85. The second kappa shape index (κ2) is 9.95. The van der Waals surface area contributed by atoms with E-state index in [1.165, 1.54) is 11.0 Å². The van der Waals surface area contributed by atoms with Crippen LogP contribution in [0.1, 0.15) is 12.0 Å². The molecule has 0 radical (unpaired) electrons. The minimum absolute atomic E-state index is 0.132. The van der Waals surface area contributed by atoms with Crippen LogP contribution >= 0.6 is 0 Å². The first kappa shape index (κ1) is 20.0. The molecule has 2 aromatic rings. The molecule has 0 aliphatic carbocycles. The molecule has 0 saturated heterocycles. The third kappa shape index (κ3) is 5.59. The Morgan fingerprint density at radius 1 is 1.10 bits per heavy atom. The van der Waals surface area contributed by atoms with Crippen LogP contribution in [0, 0.1) is 11.3 Å². The molecular weight excluding hydrogens is 372 g/mol. The number of nitrogens with zero attached hydrogens (tertiary/aromatic N) is 2. The fourth-order valence-electron chi connectivity index (χ4n) is 2.71. The lowest BCUT2D eigenvalue weighted by molar-refractivity contribution is -0.142. The Labute approximate surface area is 168 Å². The third-order valence-corrected chi connectivity index (χ3v) is 4.12. The monoisotopic (exact) mass is 392 g/mol. The van der Waals surface area contributed by atoms with Crippen molar-refractivity contribution in [3.63, 3.8) is 0 Å². The van der Waals surface area contributed by atoms with Gasteiger partial charge in [-0.25, -0.2) is 4.79 Å². The Morgan fingerprint density at radius 2 is 1.86 bits per heavy atom. The number of carbonyl (C=O) groups is 2. The second-order valence-electron chi connectivity index (χ2n) is 6.17. The molecule has 7 nitrogen and oxygen atoms in total. The van der Waals surface area contributed by atoms with Gasteiger partial charge in [-0.05, 0) is 35.9 Å². The molecule has 0 spiro atoms. The molecule has 148 valence electrons. The highest BCUT2D eigenvalue weighted by molar-refractivity contribution is 5.96. The molecule has 1 aliphatic rings. The summed E-state index contributed by atoms with van der Waals surface area (Å²) in [6.45, 7) is 0.591. The molecule has 0 aromatic heterocycles. The Hall–Kier alpha value is -3.79. The highest BCUT2D eigenvalue weighted by atomic mass is 16.5. The summed E-state index contributed by atoms with van der Waals surface area (Å²) >= 11 is 0. The normalized spacial score (nSPS) is 12.7. The predicted molar refractivity (Wildman–Crippen MR) is 106 cm³/mol. The van der Waals surface area contributed by atoms with Crippen LogP contribution in [0.3, 0.4) is 0 Å². The van der Waals surface area contributed by atoms with E-state index in [9.17, 15) is 9.59 Å². The van der Waals surface area contributed by atoms with Gasteiger partial charge < -0.3 is 14.2 Å². The van der Waals surface area contributed by atoms with Gasteiger partial charge in [-0.15, -0.1) is 0 Å². The minimum atomic E-state index is -0.657. The number of fused-ring (bicyclic) bond motifs is 1. The molecular formula is C22H20N2O5. The summed E-state index contributed by atoms with van der Waals surface area (Å²) in [7, 11) is 0. The molecule has 0 fully saturated rings. The molecule has 0 unspecified atom stereocenters. The molecule has 0 atom stereocenters. The van der Waals surface area contributed by atoms with Crippen molar-refractivity contribution in [2.24, 2.45) is 0 Å². The number of para-hydroxylation sites is 1. The van der Waals surface area contributed by atoms with Crippen molar-refractivity contribution in [1.82, 2.24) is 0 Å². The first-order valence-electron chi connectivity index (χ1n) is 9.14. The van der Waals surface area contributed by atoms with E-state index >= 15 is 0 Å². The number of hydrogen-bond donors (Lipinski definition) is 0. The lowest BCUT2D eigenvalue weighted by Gasteiger charge is -2.19. The maximum absolute atomic E-state index is 12.3. The van der Waals surface area contributed by atoms with E-state index in [-0.39, 0.29) is 6.54 Å². The highest BCUT2D eigenvalue weighted by Crippen LogP contribution is 2.30. The molecule has 3 rings (SSSR count). The molecule has 1 aliphatic heterocycles. The van der Waals surface area contributed by atoms with Crippen LogP contribution in [0.5, 0.6) is 11.5 Å². The maximum Gasteiger partial charge on any atom is 0.331 e. The van der Waals surface area contributed by atoms with Crippen molar-refractivity contribution in [3.8, 4) is 17.6 Å². The summed E-state index contributed by atoms with van der Waals surface area (Å²) in [6, 6.07) is 16.1. The summed E-state index contributed by atoms with van der Waals surface area (Å²) in [5, 5.41) is 8.95. The maximum atomic E-state index is 12.3. The number of ether oxygens (including phenoxy) is 3. The van der Waals surface area contributed by atoms with E-state index in [1.54, 1.807) is 48.5 Å². The molecule has 29 heavy (non-hydrogen) atoms. The number of esters is 1. The summed E-state index contributed by atoms with van der Waals surface area (Å²) < 4.78 is 16.2. The van der Waals surface area contributed by atoms with Crippen molar-refractivity contribution in [2.75, 3.05) is 31.3 Å². The smallest absolute Gasteiger partial charge is 0.331 e. The van der Waals surface area contributed by atoms with Crippen molar-refractivity contribution in [2.45, 2.75) is 6.42 Å². The zero-order chi connectivity index (χ0) is 20.5. The van der Waals surface area contributed by atoms with Crippen LogP contribution in [0.15, 0.2) is 54.6 Å². The Bertz CT molecular complexity index is 934. The van der Waals surface area contributed by atoms with Gasteiger partial charge in [0.25, 0.3) is 5.91 Å². The Morgan fingerprint density at radius 3 is 2.62 bits per heavy atom. The Balaban J connectivity index is 1.57. The van der Waals surface area contributed by atoms with E-state index in [1.807, 2.05) is 12.1 Å². The van der Waals surface area contributed by atoms with Crippen LogP contribution < -0.4 is 14.4 Å². The molecule has 1 amide bonds. The first-order valence-corrected chi connectivity index (χ1v) is 9.14. The summed E-state index contributed by atoms with van der Waals surface area (Å²) in [5.74, 6) is 0.167. The fourth-order valence-corrected chi connectivity index (χ4v) is 2.71. The van der Waals surface area contributed by atoms with E-state index in [4.69, 9.17) is 19.5 Å². The van der Waals surface area contributed by atoms with Crippen LogP contribution in [0.4, 0.5) is 5.69 Å². The predicted octanol–water partition coefficient (Wildman–Crippen LogP) is 2.96. The molecule has 1 heterocycles. The highest BCUT2D eigenvalue weighted by Gasteiger charge is 2.16. The van der Waals surface area contributed by atoms with E-state index < -0.39 is 18.5 Å². The molecule has 0 saturated carbocycles. The van der Waals surface area contributed by atoms with Gasteiger partial charge >= 0.3 is 5.97 Å². The number of carbonyl (C=O) groups excluding carboxylic acids is 2. The second-order valence-corrected chi connectivity index (χ2v) is 6.17. The van der Waals surface area contributed by atoms with Gasteiger partial charge in [0, 0.05) is 18.2 Å². The van der Waals surface area contributed by atoms with Crippen LogP contribution in [-0.2, 0) is 14.3 Å². The van der Waals surface area contributed by atoms with E-state index in [2.05, 4.69) is 0 Å². The summed E-state index contributed by atoms with van der Waals surface area (Å²) in [6.07, 6.45) is 3.63. The topological polar surface area (TPSA) is 88.9 Å². The molecule has 0 N–H and O–H groups in total. The van der Waals surface area contributed by atoms with Gasteiger partial charge in [-0.2, -0.15) is 5.26 Å². The largest absolute Gasteiger partial charge is 0.490 e. The fraction of sp³-hybridized carbons (Fsp3) is 0.227. The van der Waals surface area contributed by atoms with Gasteiger partial charge in [-0.3, -0.25) is 9.69 Å². The van der Waals surface area contributed by atoms with Gasteiger partial charge in [0.2, 0.25) is 0 Å². The summed E-state index contributed by atoms with van der Waals surface area (Å²) in [4.78, 5) is 25.6. The van der Waals surface area contributed by atoms with Gasteiger partial charge in [0.1, 0.15) is 6.54 Å². The number of benzene rings is 2. The number of nitriles is 1. The van der Waals surface area contributed by atoms with Gasteiger partial charge in [0.05, 0.1) is 19.3 Å². The minimum Gasteiger partial charge on any atom is -0.490 e.